The number of halogens is 2. The molecular weight excluding hydrogens is 250 g/mol. The van der Waals surface area contributed by atoms with Crippen molar-refractivity contribution in [3.05, 3.63) is 0 Å². The average molecular weight is 254 g/mol. The summed E-state index contributed by atoms with van der Waals surface area (Å²) in [6, 6.07) is 0. The van der Waals surface area contributed by atoms with Crippen LogP contribution in [0, 0.1) is 0 Å². The zero-order chi connectivity index (χ0) is 5.98. The van der Waals surface area contributed by atoms with E-state index in [9.17, 15) is 0 Å². The summed E-state index contributed by atoms with van der Waals surface area (Å²) in [4.78, 5) is 6.18. The molecule has 0 saturated carbocycles. The second-order valence-corrected chi connectivity index (χ2v) is 7.98. The van der Waals surface area contributed by atoms with Gasteiger partial charge in [0.25, 0.3) is 0 Å². The summed E-state index contributed by atoms with van der Waals surface area (Å²) in [6.45, 7) is 0. The molecule has 0 aromatic carbocycles. The molecule has 3 atom stereocenters. The molecule has 1 rings (SSSR count). The van der Waals surface area contributed by atoms with Crippen LogP contribution >= 0.6 is 52.7 Å². The smallest absolute Gasteiger partial charge is 0.157 e. The third kappa shape index (κ3) is 2.28. The number of nitrogens with zero attached hydrogens (tertiary/aromatic N) is 1. The molecule has 0 aromatic heterocycles. The van der Waals surface area contributed by atoms with Gasteiger partial charge in [0, 0.05) is 33.9 Å². The number of rotatable bonds is 0. The van der Waals surface area contributed by atoms with Gasteiger partial charge in [-0.1, -0.05) is 11.2 Å². The molecule has 3 unspecified atom stereocenters. The molecule has 1 aliphatic rings. The number of nitrogens with one attached hydrogen (secondary N) is 2. The summed E-state index contributed by atoms with van der Waals surface area (Å²) in [7, 11) is 0.590. The van der Waals surface area contributed by atoms with Gasteiger partial charge in [-0.05, 0) is 0 Å². The van der Waals surface area contributed by atoms with Gasteiger partial charge in [-0.25, -0.2) is 4.86 Å². The van der Waals surface area contributed by atoms with E-state index >= 15 is 0 Å². The molecule has 0 spiro atoms. The molecular formula is H4BrClN3P3. The summed E-state index contributed by atoms with van der Waals surface area (Å²) in [5.41, 5.74) is 0. The van der Waals surface area contributed by atoms with E-state index < -0.39 is 7.58 Å². The molecule has 0 radical (unpaired) electrons. The van der Waals surface area contributed by atoms with Gasteiger partial charge in [0.05, 0.1) is 0 Å². The van der Waals surface area contributed by atoms with Gasteiger partial charge < -0.3 is 0 Å². The molecule has 3 nitrogen and oxygen atoms in total. The van der Waals surface area contributed by atoms with Crippen molar-refractivity contribution >= 4 is 52.7 Å². The Hall–Kier alpha value is 1.94. The minimum Gasteiger partial charge on any atom is -0.253 e. The zero-order valence-electron chi connectivity index (χ0n) is 3.65. The van der Waals surface area contributed by atoms with Gasteiger partial charge in [0.2, 0.25) is 0 Å². The van der Waals surface area contributed by atoms with Crippen LogP contribution in [0.15, 0.2) is 0 Å². The van der Waals surface area contributed by atoms with Crippen molar-refractivity contribution in [2.75, 3.05) is 0 Å². The molecule has 8 heteroatoms. The van der Waals surface area contributed by atoms with E-state index in [0.29, 0.717) is 17.8 Å². The summed E-state index contributed by atoms with van der Waals surface area (Å²) in [5, 5.41) is 0. The van der Waals surface area contributed by atoms with Crippen LogP contribution in [0.1, 0.15) is 0 Å². The fourth-order valence-electron chi connectivity index (χ4n) is 0.236. The Morgan fingerprint density at radius 1 is 1.75 bits per heavy atom. The van der Waals surface area contributed by atoms with E-state index in [1.807, 2.05) is 3.47 Å². The first kappa shape index (κ1) is 8.04. The third-order valence-corrected chi connectivity index (χ3v) is 7.66. The van der Waals surface area contributed by atoms with Gasteiger partial charge in [0.1, 0.15) is 0 Å². The van der Waals surface area contributed by atoms with E-state index in [-0.39, 0.29) is 0 Å². The van der Waals surface area contributed by atoms with E-state index in [4.69, 9.17) is 11.2 Å². The zero-order valence-corrected chi connectivity index (χ0v) is 8.89. The lowest BCUT2D eigenvalue weighted by Gasteiger charge is -2.25. The second-order valence-electron chi connectivity index (χ2n) is 0.994. The first-order chi connectivity index (χ1) is 3.80. The largest absolute Gasteiger partial charge is 0.253 e. The highest BCUT2D eigenvalue weighted by atomic mass is 79.9. The van der Waals surface area contributed by atoms with Crippen LogP contribution < -0.4 is 9.72 Å². The van der Waals surface area contributed by atoms with Gasteiger partial charge >= 0.3 is 0 Å². The fourth-order valence-corrected chi connectivity index (χ4v) is 5.76. The second kappa shape index (κ2) is 3.95. The van der Waals surface area contributed by atoms with Crippen LogP contribution in [0.25, 0.3) is 0 Å². The predicted molar refractivity (Wildman–Crippen MR) is 46.4 cm³/mol. The Morgan fingerprint density at radius 3 is 2.88 bits per heavy atom. The molecule has 2 N–H and O–H groups in total. The first-order valence-corrected chi connectivity index (χ1v) is 6.59. The van der Waals surface area contributed by atoms with Crippen LogP contribution in [-0.2, 0) is 0 Å². The van der Waals surface area contributed by atoms with Crippen LogP contribution in [-0.4, -0.2) is 3.47 Å². The van der Waals surface area contributed by atoms with Gasteiger partial charge in [-0.3, -0.25) is 4.86 Å². The molecule has 1 heterocycles. The minimum atomic E-state index is -0.618. The molecule has 8 heavy (non-hydrogen) atoms. The van der Waals surface area contributed by atoms with E-state index in [1.165, 1.54) is 0 Å². The SMILES string of the molecule is ClP1NPNPN1Br. The Kier molecular flexibility index (Phi) is 3.97. The van der Waals surface area contributed by atoms with Crippen molar-refractivity contribution < 1.29 is 0 Å². The van der Waals surface area contributed by atoms with Gasteiger partial charge in [0.15, 0.2) is 7.58 Å². The molecule has 1 saturated heterocycles. The standard InChI is InChI=1S/BrClH4N3P3/c1-5-7-3-6-4-8(5)2/h3-4,6-7H. The molecule has 48 valence electrons. The van der Waals surface area contributed by atoms with Gasteiger partial charge in [-0.15, -0.1) is 0 Å². The summed E-state index contributed by atoms with van der Waals surface area (Å²) >= 11 is 9.05. The van der Waals surface area contributed by atoms with Gasteiger partial charge in [-0.2, -0.15) is 3.47 Å². The lowest BCUT2D eigenvalue weighted by atomic mass is 13.8. The van der Waals surface area contributed by atoms with Crippen LogP contribution in [0.3, 0.4) is 0 Å². The lowest BCUT2D eigenvalue weighted by Crippen LogP contribution is -2.10. The third-order valence-electron chi connectivity index (χ3n) is 0.513. The Bertz CT molecular complexity index is 70.9. The van der Waals surface area contributed by atoms with Crippen LogP contribution in [0.4, 0.5) is 0 Å². The van der Waals surface area contributed by atoms with E-state index in [2.05, 4.69) is 25.9 Å². The quantitative estimate of drug-likeness (QED) is 0.513. The monoisotopic (exact) mass is 253 g/mol. The highest BCUT2D eigenvalue weighted by Crippen LogP contribution is 2.56. The molecule has 0 aliphatic carbocycles. The molecule has 0 aromatic rings. The van der Waals surface area contributed by atoms with E-state index in [0.717, 1.165) is 0 Å². The molecule has 1 aliphatic heterocycles. The topological polar surface area (TPSA) is 27.3 Å². The first-order valence-electron chi connectivity index (χ1n) is 1.74. The van der Waals surface area contributed by atoms with Crippen LogP contribution in [0.5, 0.6) is 0 Å². The number of hydrogen-bond donors (Lipinski definition) is 2. The maximum Gasteiger partial charge on any atom is 0.157 e. The van der Waals surface area contributed by atoms with Crippen molar-refractivity contribution in [1.29, 1.82) is 0 Å². The Balaban J connectivity index is 2.28. The minimum absolute atomic E-state index is 0.602. The maximum absolute atomic E-state index is 5.77. The lowest BCUT2D eigenvalue weighted by molar-refractivity contribution is 1.21. The highest BCUT2D eigenvalue weighted by molar-refractivity contribution is 9.09. The van der Waals surface area contributed by atoms with Crippen molar-refractivity contribution in [2.24, 2.45) is 0 Å². The average Bonchev–Trinajstić information content (AvgIpc) is 1.77. The van der Waals surface area contributed by atoms with E-state index in [1.54, 1.807) is 0 Å². The number of hydrogen-bond acceptors (Lipinski definition) is 3. The van der Waals surface area contributed by atoms with Crippen molar-refractivity contribution in [3.63, 3.8) is 0 Å². The molecule has 1 fully saturated rings. The predicted octanol–water partition coefficient (Wildman–Crippen LogP) is 2.27. The van der Waals surface area contributed by atoms with Crippen LogP contribution in [0.2, 0.25) is 0 Å². The normalized spacial score (nSPS) is 39.0. The Morgan fingerprint density at radius 2 is 2.50 bits per heavy atom. The maximum atomic E-state index is 5.77. The van der Waals surface area contributed by atoms with Crippen molar-refractivity contribution in [1.82, 2.24) is 13.2 Å². The van der Waals surface area contributed by atoms with Crippen molar-refractivity contribution in [2.45, 2.75) is 0 Å². The Labute approximate surface area is 66.1 Å². The molecule has 0 bridgehead atoms. The summed E-state index contributed by atoms with van der Waals surface area (Å²) < 4.78 is 1.89. The highest BCUT2D eigenvalue weighted by Gasteiger charge is 2.16. The molecule has 0 amide bonds. The fraction of sp³-hybridized carbons (Fsp3) is 0. The summed E-state index contributed by atoms with van der Waals surface area (Å²) in [6.07, 6.45) is 0. The summed E-state index contributed by atoms with van der Waals surface area (Å²) in [5.74, 6) is 0. The van der Waals surface area contributed by atoms with Crippen molar-refractivity contribution in [3.8, 4) is 0 Å².